The van der Waals surface area contributed by atoms with Crippen molar-refractivity contribution >= 4 is 0 Å². The molecular weight excluding hydrogens is 204 g/mol. The van der Waals surface area contributed by atoms with Crippen molar-refractivity contribution in [1.82, 2.24) is 0 Å². The van der Waals surface area contributed by atoms with E-state index in [4.69, 9.17) is 14.9 Å². The Bertz CT molecular complexity index is 364. The van der Waals surface area contributed by atoms with Gasteiger partial charge in [0.1, 0.15) is 23.5 Å². The smallest absolute Gasteiger partial charge is 0.263 e. The third kappa shape index (κ3) is 1.46. The average Bonchev–Trinajstić information content (AvgIpc) is 2.59. The van der Waals surface area contributed by atoms with E-state index in [1.165, 1.54) is 7.11 Å². The highest BCUT2D eigenvalue weighted by Gasteiger charge is 2.73. The summed E-state index contributed by atoms with van der Waals surface area (Å²) in [4.78, 5) is 0. The maximum absolute atomic E-state index is 13.2. The first-order valence-corrected chi connectivity index (χ1v) is 4.72. The van der Waals surface area contributed by atoms with Crippen molar-refractivity contribution in [2.75, 3.05) is 13.7 Å². The monoisotopic (exact) mass is 217 g/mol. The molecule has 0 aromatic carbocycles. The summed E-state index contributed by atoms with van der Waals surface area (Å²) in [5, 5.41) is 0. The van der Waals surface area contributed by atoms with Crippen LogP contribution < -0.4 is 5.73 Å². The van der Waals surface area contributed by atoms with Crippen LogP contribution in [-0.2, 0) is 16.8 Å². The molecule has 1 atom stereocenters. The lowest BCUT2D eigenvalue weighted by molar-refractivity contribution is 0.0822. The van der Waals surface area contributed by atoms with E-state index in [0.717, 1.165) is 0 Å². The molecule has 0 radical (unpaired) electrons. The Morgan fingerprint density at radius 1 is 1.53 bits per heavy atom. The van der Waals surface area contributed by atoms with E-state index in [1.54, 1.807) is 12.1 Å². The number of hydrogen-bond donors (Lipinski definition) is 1. The van der Waals surface area contributed by atoms with Gasteiger partial charge in [0.05, 0.1) is 0 Å². The van der Waals surface area contributed by atoms with E-state index in [9.17, 15) is 8.78 Å². The van der Waals surface area contributed by atoms with Gasteiger partial charge < -0.3 is 14.9 Å². The van der Waals surface area contributed by atoms with Crippen molar-refractivity contribution in [1.29, 1.82) is 0 Å². The number of halogens is 2. The second-order valence-corrected chi connectivity index (χ2v) is 3.87. The minimum Gasteiger partial charge on any atom is -0.463 e. The number of hydrogen-bond acceptors (Lipinski definition) is 3. The molecule has 1 aromatic heterocycles. The summed E-state index contributed by atoms with van der Waals surface area (Å²) in [6.45, 7) is 0.187. The Kier molecular flexibility index (Phi) is 2.31. The van der Waals surface area contributed by atoms with E-state index in [1.807, 2.05) is 0 Å². The van der Waals surface area contributed by atoms with Crippen molar-refractivity contribution in [2.45, 2.75) is 24.4 Å². The molecule has 1 fully saturated rings. The minimum absolute atomic E-state index is 0.0973. The van der Waals surface area contributed by atoms with E-state index in [2.05, 4.69) is 0 Å². The summed E-state index contributed by atoms with van der Waals surface area (Å²) in [5.41, 5.74) is 4.11. The molecule has 3 nitrogen and oxygen atoms in total. The third-order valence-electron chi connectivity index (χ3n) is 2.87. The molecule has 84 valence electrons. The fraction of sp³-hybridized carbons (Fsp3) is 0.600. The summed E-state index contributed by atoms with van der Waals surface area (Å²) in [6.07, 6.45) is -0.226. The van der Waals surface area contributed by atoms with Gasteiger partial charge in [0.25, 0.3) is 5.92 Å². The first-order chi connectivity index (χ1) is 7.05. The van der Waals surface area contributed by atoms with Crippen LogP contribution in [0.15, 0.2) is 16.5 Å². The summed E-state index contributed by atoms with van der Waals surface area (Å²) in [6, 6.07) is 3.20. The highest BCUT2D eigenvalue weighted by atomic mass is 19.3. The lowest BCUT2D eigenvalue weighted by Gasteiger charge is -2.10. The van der Waals surface area contributed by atoms with Gasteiger partial charge in [-0.25, -0.2) is 8.78 Å². The number of nitrogens with two attached hydrogens (primary N) is 1. The predicted molar refractivity (Wildman–Crippen MR) is 49.7 cm³/mol. The first-order valence-electron chi connectivity index (χ1n) is 4.72. The van der Waals surface area contributed by atoms with Gasteiger partial charge in [0.2, 0.25) is 0 Å². The zero-order chi connectivity index (χ0) is 11.1. The normalized spacial score (nSPS) is 28.0. The van der Waals surface area contributed by atoms with Gasteiger partial charge in [-0.1, -0.05) is 0 Å². The molecule has 0 bridgehead atoms. The number of methoxy groups -OCH3 is 1. The van der Waals surface area contributed by atoms with Crippen LogP contribution in [-0.4, -0.2) is 19.6 Å². The third-order valence-corrected chi connectivity index (χ3v) is 2.87. The molecule has 0 amide bonds. The Morgan fingerprint density at radius 3 is 2.67 bits per heavy atom. The number of furan rings is 1. The predicted octanol–water partition coefficient (Wildman–Crippen LogP) is 1.66. The Labute approximate surface area is 86.2 Å². The molecule has 0 aliphatic heterocycles. The number of ether oxygens (including phenoxy) is 1. The van der Waals surface area contributed by atoms with Gasteiger partial charge in [-0.05, 0) is 12.1 Å². The molecular formula is C10H13F2NO2. The lowest BCUT2D eigenvalue weighted by Crippen LogP contribution is -2.26. The van der Waals surface area contributed by atoms with Crippen molar-refractivity contribution in [3.8, 4) is 0 Å². The van der Waals surface area contributed by atoms with Gasteiger partial charge in [-0.2, -0.15) is 0 Å². The van der Waals surface area contributed by atoms with E-state index in [0.29, 0.717) is 5.76 Å². The molecule has 1 saturated carbocycles. The highest BCUT2D eigenvalue weighted by molar-refractivity contribution is 5.32. The Balaban J connectivity index is 2.22. The Morgan fingerprint density at radius 2 is 2.20 bits per heavy atom. The fourth-order valence-corrected chi connectivity index (χ4v) is 1.78. The molecule has 0 spiro atoms. The molecule has 5 heteroatoms. The largest absolute Gasteiger partial charge is 0.463 e. The van der Waals surface area contributed by atoms with Crippen LogP contribution in [0, 0.1) is 0 Å². The van der Waals surface area contributed by atoms with Crippen molar-refractivity contribution in [3.63, 3.8) is 0 Å². The number of alkyl halides is 2. The lowest BCUT2D eigenvalue weighted by atomic mass is 10.0. The fourth-order valence-electron chi connectivity index (χ4n) is 1.78. The van der Waals surface area contributed by atoms with Crippen LogP contribution in [0.25, 0.3) is 0 Å². The Hall–Kier alpha value is -0.940. The van der Waals surface area contributed by atoms with Gasteiger partial charge in [0.15, 0.2) is 0 Å². The van der Waals surface area contributed by atoms with Gasteiger partial charge in [-0.15, -0.1) is 0 Å². The second kappa shape index (κ2) is 3.28. The second-order valence-electron chi connectivity index (χ2n) is 3.87. The summed E-state index contributed by atoms with van der Waals surface area (Å²) in [7, 11) is 1.52. The van der Waals surface area contributed by atoms with Crippen LogP contribution in [0.3, 0.4) is 0 Å². The molecule has 1 aliphatic rings. The molecule has 0 saturated heterocycles. The van der Waals surface area contributed by atoms with Crippen molar-refractivity contribution in [2.24, 2.45) is 5.73 Å². The molecule has 2 N–H and O–H groups in total. The van der Waals surface area contributed by atoms with Crippen LogP contribution in [0.2, 0.25) is 0 Å². The molecule has 1 aromatic rings. The minimum atomic E-state index is -2.73. The highest BCUT2D eigenvalue weighted by Crippen LogP contribution is 2.61. The molecule has 2 rings (SSSR count). The van der Waals surface area contributed by atoms with Crippen molar-refractivity contribution in [3.05, 3.63) is 23.7 Å². The summed E-state index contributed by atoms with van der Waals surface area (Å²) >= 11 is 0. The average molecular weight is 217 g/mol. The van der Waals surface area contributed by atoms with Gasteiger partial charge in [0, 0.05) is 20.1 Å². The maximum atomic E-state index is 13.2. The molecule has 1 aliphatic carbocycles. The quantitative estimate of drug-likeness (QED) is 0.834. The zero-order valence-electron chi connectivity index (χ0n) is 8.43. The first kappa shape index (κ1) is 10.6. The zero-order valence-corrected chi connectivity index (χ0v) is 8.43. The van der Waals surface area contributed by atoms with Crippen LogP contribution in [0.1, 0.15) is 17.9 Å². The topological polar surface area (TPSA) is 48.4 Å². The summed E-state index contributed by atoms with van der Waals surface area (Å²) < 4.78 is 36.5. The maximum Gasteiger partial charge on any atom is 0.263 e. The molecule has 1 heterocycles. The van der Waals surface area contributed by atoms with Crippen molar-refractivity contribution < 1.29 is 17.9 Å². The van der Waals surface area contributed by atoms with Gasteiger partial charge >= 0.3 is 0 Å². The standard InChI is InChI=1S/C10H13F2NO2/c1-14-4-7-2-3-8(15-7)9(6-13)5-10(9,11)12/h2-3H,4-6,13H2,1H3. The van der Waals surface area contributed by atoms with E-state index in [-0.39, 0.29) is 25.3 Å². The van der Waals surface area contributed by atoms with E-state index < -0.39 is 11.3 Å². The van der Waals surface area contributed by atoms with Crippen LogP contribution in [0.4, 0.5) is 8.78 Å². The van der Waals surface area contributed by atoms with Crippen LogP contribution >= 0.6 is 0 Å². The molecule has 15 heavy (non-hydrogen) atoms. The van der Waals surface area contributed by atoms with Crippen LogP contribution in [0.5, 0.6) is 0 Å². The number of rotatable bonds is 4. The van der Waals surface area contributed by atoms with Gasteiger partial charge in [-0.3, -0.25) is 0 Å². The molecule has 1 unspecified atom stereocenters. The van der Waals surface area contributed by atoms with E-state index >= 15 is 0 Å². The SMILES string of the molecule is COCc1ccc(C2(CN)CC2(F)F)o1. The summed E-state index contributed by atoms with van der Waals surface area (Å²) in [5.74, 6) is -1.92.